The molecule has 0 saturated carbocycles. The molecule has 1 amide bonds. The Morgan fingerprint density at radius 1 is 1.16 bits per heavy atom. The lowest BCUT2D eigenvalue weighted by atomic mass is 10.0. The molecule has 0 radical (unpaired) electrons. The van der Waals surface area contributed by atoms with Crippen molar-refractivity contribution in [3.05, 3.63) is 59.4 Å². The first kappa shape index (κ1) is 23.4. The minimum atomic E-state index is -3.92. The molecule has 0 spiro atoms. The Balaban J connectivity index is 2.06. The summed E-state index contributed by atoms with van der Waals surface area (Å²) in [7, 11) is -0.576. The monoisotopic (exact) mass is 469 g/mol. The molecule has 0 unspecified atom stereocenters. The van der Waals surface area contributed by atoms with Crippen LogP contribution in [0, 0.1) is 13.5 Å². The Morgan fingerprint density at radius 3 is 2.44 bits per heavy atom. The number of hydrogen-bond acceptors (Lipinski definition) is 4. The standard InChI is InChI=1S/C22H23N5O3S2/c1-15-12-16(10-11-19(15)23-4)26-20(28)22(2,3)27(21(26)31)17-8-7-9-18(13-17)32(29,30)24-14-25(5)6/h7-14H,1-3,5-6H3. The number of amides is 1. The number of hydrogen-bond donors (Lipinski definition) is 0. The molecule has 1 aliphatic rings. The highest BCUT2D eigenvalue weighted by atomic mass is 32.2. The summed E-state index contributed by atoms with van der Waals surface area (Å²) in [5.74, 6) is -0.253. The predicted octanol–water partition coefficient (Wildman–Crippen LogP) is 3.74. The van der Waals surface area contributed by atoms with Gasteiger partial charge in [0.2, 0.25) is 0 Å². The molecule has 2 aromatic carbocycles. The number of aryl methyl sites for hydroxylation is 1. The molecule has 3 rings (SSSR count). The van der Waals surface area contributed by atoms with Crippen molar-refractivity contribution >= 4 is 56.7 Å². The molecule has 10 heteroatoms. The van der Waals surface area contributed by atoms with Gasteiger partial charge in [-0.05, 0) is 68.9 Å². The second kappa shape index (κ2) is 8.33. The molecular weight excluding hydrogens is 446 g/mol. The van der Waals surface area contributed by atoms with Gasteiger partial charge in [0, 0.05) is 25.5 Å². The van der Waals surface area contributed by atoms with Gasteiger partial charge in [-0.1, -0.05) is 12.1 Å². The Labute approximate surface area is 193 Å². The summed E-state index contributed by atoms with van der Waals surface area (Å²) in [6.45, 7) is 12.5. The van der Waals surface area contributed by atoms with Gasteiger partial charge < -0.3 is 9.80 Å². The summed E-state index contributed by atoms with van der Waals surface area (Å²) in [5.41, 5.74) is 1.19. The zero-order valence-corrected chi connectivity index (χ0v) is 20.0. The molecule has 0 aromatic heterocycles. The molecule has 166 valence electrons. The Kier molecular flexibility index (Phi) is 6.09. The van der Waals surface area contributed by atoms with Gasteiger partial charge in [0.1, 0.15) is 11.9 Å². The van der Waals surface area contributed by atoms with E-state index in [1.54, 1.807) is 70.1 Å². The minimum Gasteiger partial charge on any atom is -0.368 e. The maximum atomic E-state index is 13.3. The average Bonchev–Trinajstić information content (AvgIpc) is 2.90. The van der Waals surface area contributed by atoms with E-state index in [1.807, 2.05) is 0 Å². The van der Waals surface area contributed by atoms with Crippen LogP contribution in [0.15, 0.2) is 51.8 Å². The summed E-state index contributed by atoms with van der Waals surface area (Å²) in [5, 5.41) is 0.223. The Morgan fingerprint density at radius 2 is 1.84 bits per heavy atom. The van der Waals surface area contributed by atoms with Crippen LogP contribution in [-0.2, 0) is 14.8 Å². The van der Waals surface area contributed by atoms with Gasteiger partial charge in [0.05, 0.1) is 11.5 Å². The van der Waals surface area contributed by atoms with Gasteiger partial charge in [-0.2, -0.15) is 8.42 Å². The van der Waals surface area contributed by atoms with Crippen LogP contribution < -0.4 is 9.80 Å². The SMILES string of the molecule is [C-]#[N+]c1ccc(N2C(=O)C(C)(C)N(c3cccc(S(=O)(=O)N=CN(C)C)c3)C2=S)cc1C. The highest BCUT2D eigenvalue weighted by molar-refractivity contribution is 7.90. The van der Waals surface area contributed by atoms with Crippen molar-refractivity contribution in [2.24, 2.45) is 4.40 Å². The highest BCUT2D eigenvalue weighted by Crippen LogP contribution is 2.38. The van der Waals surface area contributed by atoms with Crippen LogP contribution in [0.25, 0.3) is 4.85 Å². The second-order valence-corrected chi connectivity index (χ2v) is 10.1. The molecule has 0 N–H and O–H groups in total. The van der Waals surface area contributed by atoms with Crippen molar-refractivity contribution in [1.29, 1.82) is 0 Å². The topological polar surface area (TPSA) is 77.6 Å². The lowest BCUT2D eigenvalue weighted by Crippen LogP contribution is -2.44. The average molecular weight is 470 g/mol. The number of rotatable bonds is 5. The lowest BCUT2D eigenvalue weighted by molar-refractivity contribution is -0.120. The van der Waals surface area contributed by atoms with Crippen LogP contribution in [0.2, 0.25) is 0 Å². The molecule has 1 aliphatic heterocycles. The van der Waals surface area contributed by atoms with E-state index in [-0.39, 0.29) is 15.9 Å². The van der Waals surface area contributed by atoms with Crippen molar-refractivity contribution in [2.75, 3.05) is 23.9 Å². The zero-order valence-electron chi connectivity index (χ0n) is 18.4. The first-order valence-electron chi connectivity index (χ1n) is 9.64. The van der Waals surface area contributed by atoms with E-state index in [9.17, 15) is 13.2 Å². The van der Waals surface area contributed by atoms with Crippen LogP contribution >= 0.6 is 12.2 Å². The molecule has 2 aromatic rings. The van der Waals surface area contributed by atoms with Gasteiger partial charge in [0.15, 0.2) is 10.8 Å². The quantitative estimate of drug-likeness (QED) is 0.287. The second-order valence-electron chi connectivity index (χ2n) is 8.06. The maximum Gasteiger partial charge on any atom is 0.283 e. The summed E-state index contributed by atoms with van der Waals surface area (Å²) in [6.07, 6.45) is 1.22. The molecular formula is C22H23N5O3S2. The lowest BCUT2D eigenvalue weighted by Gasteiger charge is -2.29. The fourth-order valence-corrected chi connectivity index (χ4v) is 4.84. The molecule has 0 atom stereocenters. The largest absolute Gasteiger partial charge is 0.368 e. The predicted molar refractivity (Wildman–Crippen MR) is 130 cm³/mol. The van der Waals surface area contributed by atoms with Crippen LogP contribution in [-0.4, -0.2) is 50.3 Å². The number of thiocarbonyl (C=S) groups is 1. The smallest absolute Gasteiger partial charge is 0.283 e. The molecule has 1 heterocycles. The van der Waals surface area contributed by atoms with E-state index in [2.05, 4.69) is 9.24 Å². The van der Waals surface area contributed by atoms with Crippen molar-refractivity contribution in [3.63, 3.8) is 0 Å². The van der Waals surface area contributed by atoms with E-state index in [4.69, 9.17) is 18.8 Å². The third kappa shape index (κ3) is 4.09. The molecule has 1 saturated heterocycles. The molecule has 0 aliphatic carbocycles. The number of nitrogens with zero attached hydrogens (tertiary/aromatic N) is 5. The molecule has 8 nitrogen and oxygen atoms in total. The zero-order chi connectivity index (χ0) is 23.8. The Bertz CT molecular complexity index is 1280. The van der Waals surface area contributed by atoms with Crippen molar-refractivity contribution < 1.29 is 13.2 Å². The summed E-state index contributed by atoms with van der Waals surface area (Å²) in [6, 6.07) is 11.3. The number of sulfonamides is 1. The van der Waals surface area contributed by atoms with E-state index in [0.717, 1.165) is 5.56 Å². The number of carbonyl (C=O) groups excluding carboxylic acids is 1. The normalized spacial score (nSPS) is 16.0. The highest BCUT2D eigenvalue weighted by Gasteiger charge is 2.50. The van der Waals surface area contributed by atoms with Crippen molar-refractivity contribution in [1.82, 2.24) is 4.90 Å². The number of benzene rings is 2. The summed E-state index contributed by atoms with van der Waals surface area (Å²) < 4.78 is 28.9. The van der Waals surface area contributed by atoms with E-state index < -0.39 is 15.6 Å². The molecule has 32 heavy (non-hydrogen) atoms. The van der Waals surface area contributed by atoms with Crippen LogP contribution in [0.1, 0.15) is 19.4 Å². The fourth-order valence-electron chi connectivity index (χ4n) is 3.36. The van der Waals surface area contributed by atoms with Crippen molar-refractivity contribution in [2.45, 2.75) is 31.2 Å². The Hall–Kier alpha value is -3.29. The maximum absolute atomic E-state index is 13.3. The van der Waals surface area contributed by atoms with Crippen LogP contribution in [0.4, 0.5) is 17.1 Å². The van der Waals surface area contributed by atoms with Gasteiger partial charge in [-0.3, -0.25) is 9.69 Å². The first-order valence-corrected chi connectivity index (χ1v) is 11.5. The van der Waals surface area contributed by atoms with Gasteiger partial charge in [-0.15, -0.1) is 4.40 Å². The minimum absolute atomic E-state index is 0.00477. The number of anilines is 2. The molecule has 1 fully saturated rings. The van der Waals surface area contributed by atoms with Gasteiger partial charge in [0.25, 0.3) is 15.9 Å². The third-order valence-electron chi connectivity index (χ3n) is 5.02. The van der Waals surface area contributed by atoms with Gasteiger partial charge >= 0.3 is 0 Å². The van der Waals surface area contributed by atoms with E-state index >= 15 is 0 Å². The summed E-state index contributed by atoms with van der Waals surface area (Å²) >= 11 is 5.66. The van der Waals surface area contributed by atoms with Gasteiger partial charge in [-0.25, -0.2) is 4.85 Å². The first-order chi connectivity index (χ1) is 14.9. The van der Waals surface area contributed by atoms with E-state index in [0.29, 0.717) is 17.1 Å². The third-order valence-corrected chi connectivity index (χ3v) is 6.60. The fraction of sp³-hybridized carbons (Fsp3) is 0.273. The van der Waals surface area contributed by atoms with Crippen LogP contribution in [0.5, 0.6) is 0 Å². The number of carbonyl (C=O) groups is 1. The summed E-state index contributed by atoms with van der Waals surface area (Å²) in [4.78, 5) is 21.4. The van der Waals surface area contributed by atoms with E-state index in [1.165, 1.54) is 28.3 Å². The van der Waals surface area contributed by atoms with Crippen LogP contribution in [0.3, 0.4) is 0 Å². The van der Waals surface area contributed by atoms with Crippen molar-refractivity contribution in [3.8, 4) is 0 Å². The molecule has 0 bridgehead atoms.